The molecular formula is C13H16ClNO3. The average Bonchev–Trinajstić information content (AvgIpc) is 2.42. The van der Waals surface area contributed by atoms with Crippen LogP contribution in [0, 0.1) is 5.92 Å². The van der Waals surface area contributed by atoms with Crippen molar-refractivity contribution in [3.05, 3.63) is 34.9 Å². The van der Waals surface area contributed by atoms with Gasteiger partial charge in [-0.2, -0.15) is 0 Å². The van der Waals surface area contributed by atoms with E-state index >= 15 is 0 Å². The van der Waals surface area contributed by atoms with Gasteiger partial charge in [-0.1, -0.05) is 23.7 Å². The van der Waals surface area contributed by atoms with E-state index in [1.807, 2.05) is 12.1 Å². The third-order valence-electron chi connectivity index (χ3n) is 2.92. The Morgan fingerprint density at radius 3 is 2.67 bits per heavy atom. The molecule has 1 aliphatic heterocycles. The van der Waals surface area contributed by atoms with Gasteiger partial charge in [0.1, 0.15) is 0 Å². The predicted octanol–water partition coefficient (Wildman–Crippen LogP) is 2.31. The summed E-state index contributed by atoms with van der Waals surface area (Å²) in [7, 11) is 0. The number of benzene rings is 1. The fourth-order valence-electron chi connectivity index (χ4n) is 1.81. The van der Waals surface area contributed by atoms with Crippen LogP contribution < -0.4 is 5.48 Å². The molecule has 1 N–H and O–H groups in total. The molecule has 18 heavy (non-hydrogen) atoms. The molecule has 1 aromatic carbocycles. The number of hydrogen-bond acceptors (Lipinski definition) is 4. The van der Waals surface area contributed by atoms with Crippen LogP contribution >= 0.6 is 11.6 Å². The van der Waals surface area contributed by atoms with Gasteiger partial charge in [-0.15, -0.1) is 5.48 Å². The number of carbonyl (C=O) groups is 1. The Hall–Kier alpha value is -1.10. The molecule has 98 valence electrons. The first-order valence-electron chi connectivity index (χ1n) is 6.01. The van der Waals surface area contributed by atoms with E-state index in [2.05, 4.69) is 5.48 Å². The summed E-state index contributed by atoms with van der Waals surface area (Å²) in [5, 5.41) is 0.693. The summed E-state index contributed by atoms with van der Waals surface area (Å²) in [5.41, 5.74) is 3.70. The number of carbonyl (C=O) groups excluding carboxylic acids is 1. The molecule has 1 fully saturated rings. The minimum absolute atomic E-state index is 0.0449. The number of hydrogen-bond donors (Lipinski definition) is 1. The lowest BCUT2D eigenvalue weighted by molar-refractivity contribution is -0.159. The van der Waals surface area contributed by atoms with E-state index in [0.29, 0.717) is 24.8 Å². The van der Waals surface area contributed by atoms with E-state index in [4.69, 9.17) is 21.2 Å². The van der Waals surface area contributed by atoms with Crippen LogP contribution in [0.15, 0.2) is 24.3 Å². The molecule has 0 bridgehead atoms. The second-order valence-corrected chi connectivity index (χ2v) is 4.69. The highest BCUT2D eigenvalue weighted by atomic mass is 35.5. The van der Waals surface area contributed by atoms with Crippen LogP contribution in [0.1, 0.15) is 18.4 Å². The summed E-state index contributed by atoms with van der Waals surface area (Å²) < 4.78 is 5.19. The fraction of sp³-hybridized carbons (Fsp3) is 0.462. The summed E-state index contributed by atoms with van der Waals surface area (Å²) in [6.07, 6.45) is 1.48. The quantitative estimate of drug-likeness (QED) is 0.852. The summed E-state index contributed by atoms with van der Waals surface area (Å²) in [5.74, 6) is -0.247. The predicted molar refractivity (Wildman–Crippen MR) is 67.9 cm³/mol. The number of ether oxygens (including phenoxy) is 1. The monoisotopic (exact) mass is 269 g/mol. The Morgan fingerprint density at radius 1 is 1.33 bits per heavy atom. The molecule has 2 rings (SSSR count). The van der Waals surface area contributed by atoms with E-state index in [-0.39, 0.29) is 11.9 Å². The Balaban J connectivity index is 1.71. The van der Waals surface area contributed by atoms with Crippen LogP contribution in [0.5, 0.6) is 0 Å². The molecule has 0 amide bonds. The molecule has 1 heterocycles. The Labute approximate surface area is 111 Å². The van der Waals surface area contributed by atoms with Gasteiger partial charge < -0.3 is 9.57 Å². The zero-order valence-electron chi connectivity index (χ0n) is 10.0. The van der Waals surface area contributed by atoms with Gasteiger partial charge >= 0.3 is 5.97 Å². The first-order chi connectivity index (χ1) is 8.75. The van der Waals surface area contributed by atoms with E-state index in [1.165, 1.54) is 0 Å². The van der Waals surface area contributed by atoms with Gasteiger partial charge in [0.05, 0.1) is 12.5 Å². The first-order valence-corrected chi connectivity index (χ1v) is 6.39. The SMILES string of the molecule is O=C(ONCc1ccc(Cl)cc1)C1CCOCC1. The van der Waals surface area contributed by atoms with Crippen molar-refractivity contribution in [3.63, 3.8) is 0 Å². The lowest BCUT2D eigenvalue weighted by Crippen LogP contribution is -2.29. The van der Waals surface area contributed by atoms with Gasteiger partial charge in [-0.3, -0.25) is 4.79 Å². The fourth-order valence-corrected chi connectivity index (χ4v) is 1.94. The van der Waals surface area contributed by atoms with Gasteiger partial charge in [0.2, 0.25) is 0 Å². The molecule has 0 unspecified atom stereocenters. The number of halogens is 1. The Kier molecular flexibility index (Phi) is 4.99. The third-order valence-corrected chi connectivity index (χ3v) is 3.17. The van der Waals surface area contributed by atoms with E-state index in [9.17, 15) is 4.79 Å². The molecule has 1 aliphatic rings. The van der Waals surface area contributed by atoms with Crippen LogP contribution in [0.4, 0.5) is 0 Å². The molecule has 0 saturated carbocycles. The van der Waals surface area contributed by atoms with Crippen molar-refractivity contribution in [1.29, 1.82) is 0 Å². The minimum atomic E-state index is -0.202. The molecule has 0 spiro atoms. The van der Waals surface area contributed by atoms with Crippen LogP contribution in [0.2, 0.25) is 5.02 Å². The molecule has 4 nitrogen and oxygen atoms in total. The third kappa shape index (κ3) is 3.98. The largest absolute Gasteiger partial charge is 0.381 e. The second kappa shape index (κ2) is 6.73. The van der Waals surface area contributed by atoms with Crippen molar-refractivity contribution in [2.75, 3.05) is 13.2 Å². The van der Waals surface area contributed by atoms with Crippen molar-refractivity contribution in [2.45, 2.75) is 19.4 Å². The number of nitrogens with one attached hydrogen (secondary N) is 1. The van der Waals surface area contributed by atoms with Gasteiger partial charge in [0, 0.05) is 18.2 Å². The summed E-state index contributed by atoms with van der Waals surface area (Å²) in [6, 6.07) is 7.38. The second-order valence-electron chi connectivity index (χ2n) is 4.26. The van der Waals surface area contributed by atoms with Gasteiger partial charge in [-0.05, 0) is 30.5 Å². The van der Waals surface area contributed by atoms with E-state index < -0.39 is 0 Å². The molecule has 1 aromatic rings. The highest BCUT2D eigenvalue weighted by Crippen LogP contribution is 2.15. The maximum atomic E-state index is 11.7. The van der Waals surface area contributed by atoms with Crippen molar-refractivity contribution in [3.8, 4) is 0 Å². The molecule has 0 radical (unpaired) electrons. The average molecular weight is 270 g/mol. The molecule has 0 atom stereocenters. The molecule has 0 aliphatic carbocycles. The number of hydroxylamine groups is 1. The first kappa shape index (κ1) is 13.3. The summed E-state index contributed by atoms with van der Waals surface area (Å²) in [4.78, 5) is 16.7. The van der Waals surface area contributed by atoms with Gasteiger partial charge in [0.15, 0.2) is 0 Å². The lowest BCUT2D eigenvalue weighted by Gasteiger charge is -2.20. The van der Waals surface area contributed by atoms with E-state index in [1.54, 1.807) is 12.1 Å². The normalized spacial score (nSPS) is 16.5. The number of rotatable bonds is 4. The standard InChI is InChI=1S/C13H16ClNO3/c14-12-3-1-10(2-4-12)9-15-18-13(16)11-5-7-17-8-6-11/h1-4,11,15H,5-9H2. The summed E-state index contributed by atoms with van der Waals surface area (Å²) in [6.45, 7) is 1.75. The zero-order chi connectivity index (χ0) is 12.8. The molecule has 5 heteroatoms. The Bertz CT molecular complexity index is 388. The lowest BCUT2D eigenvalue weighted by atomic mass is 10.0. The zero-order valence-corrected chi connectivity index (χ0v) is 10.8. The summed E-state index contributed by atoms with van der Waals surface area (Å²) >= 11 is 5.78. The minimum Gasteiger partial charge on any atom is -0.381 e. The highest BCUT2D eigenvalue weighted by molar-refractivity contribution is 6.30. The maximum Gasteiger partial charge on any atom is 0.327 e. The topological polar surface area (TPSA) is 47.6 Å². The van der Waals surface area contributed by atoms with Crippen molar-refractivity contribution in [1.82, 2.24) is 5.48 Å². The van der Waals surface area contributed by atoms with Crippen molar-refractivity contribution >= 4 is 17.6 Å². The van der Waals surface area contributed by atoms with Crippen molar-refractivity contribution < 1.29 is 14.4 Å². The Morgan fingerprint density at radius 2 is 2.00 bits per heavy atom. The molecule has 1 saturated heterocycles. The molecular weight excluding hydrogens is 254 g/mol. The van der Waals surface area contributed by atoms with Crippen LogP contribution in [-0.4, -0.2) is 19.2 Å². The van der Waals surface area contributed by atoms with Crippen LogP contribution in [0.3, 0.4) is 0 Å². The van der Waals surface area contributed by atoms with Crippen molar-refractivity contribution in [2.24, 2.45) is 5.92 Å². The van der Waals surface area contributed by atoms with Crippen LogP contribution in [-0.2, 0) is 20.9 Å². The van der Waals surface area contributed by atoms with Gasteiger partial charge in [-0.25, -0.2) is 0 Å². The maximum absolute atomic E-state index is 11.7. The van der Waals surface area contributed by atoms with Gasteiger partial charge in [0.25, 0.3) is 0 Å². The highest BCUT2D eigenvalue weighted by Gasteiger charge is 2.23. The van der Waals surface area contributed by atoms with E-state index in [0.717, 1.165) is 18.4 Å². The smallest absolute Gasteiger partial charge is 0.327 e. The van der Waals surface area contributed by atoms with Crippen LogP contribution in [0.25, 0.3) is 0 Å². The molecule has 0 aromatic heterocycles.